The molecule has 22 heavy (non-hydrogen) atoms. The molecule has 6 heteroatoms. The van der Waals surface area contributed by atoms with Crippen molar-refractivity contribution in [3.05, 3.63) is 0 Å². The smallest absolute Gasteiger partial charge is 0.191 e. The number of aliphatic imine (C=N–C) groups is 1. The van der Waals surface area contributed by atoms with Crippen molar-refractivity contribution in [1.29, 1.82) is 0 Å². The molecule has 0 saturated heterocycles. The maximum atomic E-state index is 5.91. The van der Waals surface area contributed by atoms with Crippen LogP contribution in [0.4, 0.5) is 0 Å². The highest BCUT2D eigenvalue weighted by Gasteiger charge is 2.59. The van der Waals surface area contributed by atoms with Crippen LogP contribution in [0.3, 0.4) is 0 Å². The van der Waals surface area contributed by atoms with E-state index in [1.165, 1.54) is 19.3 Å². The molecule has 0 radical (unpaired) electrons. The Morgan fingerprint density at radius 1 is 1.41 bits per heavy atom. The zero-order valence-corrected chi connectivity index (χ0v) is 17.7. The molecule has 0 aromatic carbocycles. The molecule has 0 aromatic heterocycles. The lowest BCUT2D eigenvalue weighted by Gasteiger charge is -2.61. The fraction of sp³-hybridized carbons (Fsp3) is 0.938. The Labute approximate surface area is 157 Å². The van der Waals surface area contributed by atoms with Crippen LogP contribution >= 0.6 is 35.7 Å². The highest BCUT2D eigenvalue weighted by Crippen LogP contribution is 2.57. The largest absolute Gasteiger partial charge is 0.378 e. The number of thioether (sulfide) groups is 1. The number of hydrogen-bond acceptors (Lipinski definition) is 3. The minimum atomic E-state index is 0. The fourth-order valence-electron chi connectivity index (χ4n) is 3.37. The number of guanidine groups is 1. The van der Waals surface area contributed by atoms with Gasteiger partial charge in [-0.3, -0.25) is 4.99 Å². The van der Waals surface area contributed by atoms with Gasteiger partial charge in [-0.25, -0.2) is 0 Å². The molecule has 0 aromatic rings. The molecule has 2 unspecified atom stereocenters. The first-order chi connectivity index (χ1) is 9.97. The van der Waals surface area contributed by atoms with Gasteiger partial charge in [0.05, 0.1) is 6.10 Å². The van der Waals surface area contributed by atoms with Crippen LogP contribution in [0.5, 0.6) is 0 Å². The molecule has 2 aliphatic rings. The number of nitrogens with zero attached hydrogens (tertiary/aromatic N) is 1. The molecule has 0 heterocycles. The minimum Gasteiger partial charge on any atom is -0.378 e. The second-order valence-corrected chi connectivity index (χ2v) is 8.37. The van der Waals surface area contributed by atoms with Gasteiger partial charge in [0.15, 0.2) is 5.96 Å². The summed E-state index contributed by atoms with van der Waals surface area (Å²) in [5, 5.41) is 7.10. The molecule has 2 aliphatic carbocycles. The maximum absolute atomic E-state index is 5.91. The van der Waals surface area contributed by atoms with E-state index in [2.05, 4.69) is 42.7 Å². The van der Waals surface area contributed by atoms with Crippen LogP contribution in [-0.4, -0.2) is 49.3 Å². The summed E-state index contributed by atoms with van der Waals surface area (Å²) in [6.45, 7) is 8.34. The van der Waals surface area contributed by atoms with E-state index in [1.54, 1.807) is 0 Å². The third-order valence-electron chi connectivity index (χ3n) is 5.21. The fourth-order valence-corrected chi connectivity index (χ4v) is 3.59. The molecular formula is C16H32IN3OS. The van der Waals surface area contributed by atoms with Gasteiger partial charge in [0.25, 0.3) is 0 Å². The van der Waals surface area contributed by atoms with Crippen LogP contribution in [0.25, 0.3) is 0 Å². The molecule has 2 N–H and O–H groups in total. The normalized spacial score (nSPS) is 26.7. The first-order valence-corrected chi connectivity index (χ1v) is 9.34. The van der Waals surface area contributed by atoms with E-state index in [9.17, 15) is 0 Å². The van der Waals surface area contributed by atoms with Gasteiger partial charge in [0, 0.05) is 36.4 Å². The van der Waals surface area contributed by atoms with E-state index in [1.807, 2.05) is 18.8 Å². The number of nitrogens with one attached hydrogen (secondary N) is 2. The van der Waals surface area contributed by atoms with E-state index in [4.69, 9.17) is 4.74 Å². The molecule has 2 saturated carbocycles. The zero-order chi connectivity index (χ0) is 15.5. The van der Waals surface area contributed by atoms with Crippen LogP contribution < -0.4 is 10.6 Å². The summed E-state index contributed by atoms with van der Waals surface area (Å²) in [7, 11) is 1.85. The minimum absolute atomic E-state index is 0. The topological polar surface area (TPSA) is 45.6 Å². The first kappa shape index (κ1) is 20.4. The summed E-state index contributed by atoms with van der Waals surface area (Å²) >= 11 is 1.88. The summed E-state index contributed by atoms with van der Waals surface area (Å²) in [6, 6.07) is 0.520. The second kappa shape index (κ2) is 8.42. The van der Waals surface area contributed by atoms with Crippen LogP contribution in [0.2, 0.25) is 0 Å². The third kappa shape index (κ3) is 4.23. The molecular weight excluding hydrogens is 409 g/mol. The van der Waals surface area contributed by atoms with Crippen molar-refractivity contribution in [2.75, 3.05) is 26.5 Å². The van der Waals surface area contributed by atoms with E-state index in [0.717, 1.165) is 25.5 Å². The molecule has 1 spiro atoms. The predicted molar refractivity (Wildman–Crippen MR) is 108 cm³/mol. The van der Waals surface area contributed by atoms with Gasteiger partial charge in [-0.2, -0.15) is 11.8 Å². The van der Waals surface area contributed by atoms with Crippen molar-refractivity contribution in [3.63, 3.8) is 0 Å². The zero-order valence-electron chi connectivity index (χ0n) is 14.6. The van der Waals surface area contributed by atoms with Gasteiger partial charge in [0.1, 0.15) is 0 Å². The Kier molecular flexibility index (Phi) is 7.79. The quantitative estimate of drug-likeness (QED) is 0.378. The summed E-state index contributed by atoms with van der Waals surface area (Å²) < 4.78 is 6.13. The van der Waals surface area contributed by atoms with Crippen molar-refractivity contribution in [1.82, 2.24) is 10.6 Å². The van der Waals surface area contributed by atoms with Gasteiger partial charge < -0.3 is 15.4 Å². The van der Waals surface area contributed by atoms with E-state index in [-0.39, 0.29) is 28.7 Å². The predicted octanol–water partition coefficient (Wildman–Crippen LogP) is 3.26. The Balaban J connectivity index is 0.00000242. The average Bonchev–Trinajstić information content (AvgIpc) is 2.39. The lowest BCUT2D eigenvalue weighted by Crippen LogP contribution is -2.68. The molecule has 0 amide bonds. The van der Waals surface area contributed by atoms with Crippen LogP contribution in [-0.2, 0) is 4.74 Å². The van der Waals surface area contributed by atoms with Gasteiger partial charge in [-0.15, -0.1) is 24.0 Å². The summed E-state index contributed by atoms with van der Waals surface area (Å²) in [5.41, 5.74) is 0.378. The lowest BCUT2D eigenvalue weighted by atomic mass is 9.51. The summed E-state index contributed by atoms with van der Waals surface area (Å²) in [5.74, 6) is 0.934. The maximum Gasteiger partial charge on any atom is 0.191 e. The van der Waals surface area contributed by atoms with E-state index >= 15 is 0 Å². The van der Waals surface area contributed by atoms with Crippen LogP contribution in [0, 0.1) is 5.41 Å². The summed E-state index contributed by atoms with van der Waals surface area (Å²) in [6.07, 6.45) is 7.65. The average molecular weight is 441 g/mol. The molecule has 0 bridgehead atoms. The molecule has 2 atom stereocenters. The highest BCUT2D eigenvalue weighted by atomic mass is 127. The third-order valence-corrected chi connectivity index (χ3v) is 6.46. The molecule has 0 aliphatic heterocycles. The van der Waals surface area contributed by atoms with Gasteiger partial charge in [0.2, 0.25) is 0 Å². The SMILES string of the molecule is CCOC1CC(NC(=NC)NCC(C)(C)SC)C12CCC2.I. The van der Waals surface area contributed by atoms with Crippen LogP contribution in [0.15, 0.2) is 4.99 Å². The van der Waals surface area contributed by atoms with Gasteiger partial charge in [-0.05, 0) is 46.3 Å². The Bertz CT molecular complexity index is 386. The first-order valence-electron chi connectivity index (χ1n) is 8.11. The highest BCUT2D eigenvalue weighted by molar-refractivity contribution is 14.0. The summed E-state index contributed by atoms with van der Waals surface area (Å²) in [4.78, 5) is 4.39. The van der Waals surface area contributed by atoms with E-state index < -0.39 is 0 Å². The van der Waals surface area contributed by atoms with E-state index in [0.29, 0.717) is 17.6 Å². The lowest BCUT2D eigenvalue weighted by molar-refractivity contribution is -0.168. The van der Waals surface area contributed by atoms with Crippen molar-refractivity contribution in [2.24, 2.45) is 10.4 Å². The standard InChI is InChI=1S/C16H31N3OS.HI/c1-6-20-13-10-12(16(13)8-7-9-16)19-14(17-4)18-11-15(2,3)21-5;/h12-13H,6-11H2,1-5H3,(H2,17,18,19);1H. The molecule has 130 valence electrons. The van der Waals surface area contributed by atoms with Crippen molar-refractivity contribution < 1.29 is 4.74 Å². The van der Waals surface area contributed by atoms with Crippen molar-refractivity contribution >= 4 is 41.7 Å². The molecule has 4 nitrogen and oxygen atoms in total. The number of hydrogen-bond donors (Lipinski definition) is 2. The van der Waals surface area contributed by atoms with Gasteiger partial charge in [-0.1, -0.05) is 6.42 Å². The second-order valence-electron chi connectivity index (χ2n) is 6.85. The van der Waals surface area contributed by atoms with Gasteiger partial charge >= 0.3 is 0 Å². The Morgan fingerprint density at radius 2 is 2.09 bits per heavy atom. The Hall–Kier alpha value is 0.310. The monoisotopic (exact) mass is 441 g/mol. The van der Waals surface area contributed by atoms with Crippen molar-refractivity contribution in [2.45, 2.75) is 63.3 Å². The van der Waals surface area contributed by atoms with Crippen LogP contribution in [0.1, 0.15) is 46.5 Å². The Morgan fingerprint density at radius 3 is 2.55 bits per heavy atom. The number of ether oxygens (including phenoxy) is 1. The molecule has 2 fully saturated rings. The van der Waals surface area contributed by atoms with Crippen molar-refractivity contribution in [3.8, 4) is 0 Å². The number of rotatable bonds is 6. The number of halogens is 1. The molecule has 2 rings (SSSR count).